The topological polar surface area (TPSA) is 72.7 Å². The standard InChI is InChI=1S/C8H19NO3/c1-7(12)3-4-9-8(2,5-10)6-11/h7,9-12H,3-6H2,1-2H3. The average molecular weight is 177 g/mol. The molecule has 0 heterocycles. The summed E-state index contributed by atoms with van der Waals surface area (Å²) in [7, 11) is 0. The van der Waals surface area contributed by atoms with Crippen molar-refractivity contribution in [2.75, 3.05) is 19.8 Å². The van der Waals surface area contributed by atoms with Gasteiger partial charge in [0.15, 0.2) is 0 Å². The van der Waals surface area contributed by atoms with E-state index in [2.05, 4.69) is 5.32 Å². The predicted octanol–water partition coefficient (Wildman–Crippen LogP) is -0.910. The van der Waals surface area contributed by atoms with Gasteiger partial charge >= 0.3 is 0 Å². The van der Waals surface area contributed by atoms with Gasteiger partial charge < -0.3 is 20.6 Å². The zero-order valence-corrected chi connectivity index (χ0v) is 7.75. The van der Waals surface area contributed by atoms with Gasteiger partial charge in [0.05, 0.1) is 24.9 Å². The maximum absolute atomic E-state index is 8.93. The second kappa shape index (κ2) is 5.48. The molecule has 0 aliphatic carbocycles. The fourth-order valence-electron chi connectivity index (χ4n) is 0.745. The van der Waals surface area contributed by atoms with Gasteiger partial charge in [0.1, 0.15) is 0 Å². The van der Waals surface area contributed by atoms with Crippen LogP contribution in [0.5, 0.6) is 0 Å². The number of hydrogen-bond donors (Lipinski definition) is 4. The highest BCUT2D eigenvalue weighted by Crippen LogP contribution is 2.00. The summed E-state index contributed by atoms with van der Waals surface area (Å²) in [6.07, 6.45) is 0.273. The van der Waals surface area contributed by atoms with Crippen LogP contribution in [0.2, 0.25) is 0 Å². The molecule has 0 aliphatic heterocycles. The predicted molar refractivity (Wildman–Crippen MR) is 46.9 cm³/mol. The SMILES string of the molecule is CC(O)CCNC(C)(CO)CO. The summed E-state index contributed by atoms with van der Waals surface area (Å²) in [5, 5.41) is 29.6. The van der Waals surface area contributed by atoms with Gasteiger partial charge in [-0.25, -0.2) is 0 Å². The first-order chi connectivity index (χ1) is 5.54. The van der Waals surface area contributed by atoms with E-state index >= 15 is 0 Å². The van der Waals surface area contributed by atoms with Gasteiger partial charge in [-0.1, -0.05) is 0 Å². The molecule has 0 bridgehead atoms. The van der Waals surface area contributed by atoms with E-state index in [9.17, 15) is 0 Å². The lowest BCUT2D eigenvalue weighted by atomic mass is 10.1. The Bertz CT molecular complexity index is 113. The van der Waals surface area contributed by atoms with Crippen LogP contribution < -0.4 is 5.32 Å². The van der Waals surface area contributed by atoms with Crippen molar-refractivity contribution in [2.24, 2.45) is 0 Å². The minimum atomic E-state index is -0.630. The second-order valence-electron chi connectivity index (χ2n) is 3.44. The lowest BCUT2D eigenvalue weighted by Crippen LogP contribution is -2.49. The molecule has 0 aromatic rings. The Kier molecular flexibility index (Phi) is 5.41. The number of aliphatic hydroxyl groups is 3. The van der Waals surface area contributed by atoms with Crippen molar-refractivity contribution >= 4 is 0 Å². The Labute approximate surface area is 73.2 Å². The van der Waals surface area contributed by atoms with Crippen molar-refractivity contribution in [3.63, 3.8) is 0 Å². The normalized spacial score (nSPS) is 14.8. The van der Waals surface area contributed by atoms with Gasteiger partial charge in [-0.15, -0.1) is 0 Å². The molecule has 0 saturated heterocycles. The molecular formula is C8H19NO3. The third-order valence-electron chi connectivity index (χ3n) is 1.81. The molecule has 0 amide bonds. The molecule has 0 spiro atoms. The molecule has 0 fully saturated rings. The van der Waals surface area contributed by atoms with Gasteiger partial charge in [-0.2, -0.15) is 0 Å². The number of hydrogen-bond acceptors (Lipinski definition) is 4. The molecule has 0 rings (SSSR count). The summed E-state index contributed by atoms with van der Waals surface area (Å²) in [6.45, 7) is 3.81. The first-order valence-corrected chi connectivity index (χ1v) is 4.19. The van der Waals surface area contributed by atoms with Crippen molar-refractivity contribution in [1.82, 2.24) is 5.32 Å². The molecule has 74 valence electrons. The van der Waals surface area contributed by atoms with E-state index in [0.29, 0.717) is 13.0 Å². The Morgan fingerprint density at radius 3 is 2.17 bits per heavy atom. The van der Waals surface area contributed by atoms with Crippen LogP contribution in [0.15, 0.2) is 0 Å². The molecule has 1 unspecified atom stereocenters. The monoisotopic (exact) mass is 177 g/mol. The Morgan fingerprint density at radius 1 is 1.33 bits per heavy atom. The van der Waals surface area contributed by atoms with Crippen LogP contribution in [-0.2, 0) is 0 Å². The molecule has 4 nitrogen and oxygen atoms in total. The smallest absolute Gasteiger partial charge is 0.0633 e. The molecule has 1 atom stereocenters. The van der Waals surface area contributed by atoms with Gasteiger partial charge in [0, 0.05) is 0 Å². The van der Waals surface area contributed by atoms with E-state index in [1.807, 2.05) is 0 Å². The third kappa shape index (κ3) is 4.66. The molecule has 12 heavy (non-hydrogen) atoms. The van der Waals surface area contributed by atoms with Crippen LogP contribution in [0, 0.1) is 0 Å². The number of rotatable bonds is 6. The number of nitrogens with one attached hydrogen (secondary N) is 1. The molecule has 4 heteroatoms. The average Bonchev–Trinajstić information content (AvgIpc) is 2.03. The summed E-state index contributed by atoms with van der Waals surface area (Å²) >= 11 is 0. The van der Waals surface area contributed by atoms with Crippen molar-refractivity contribution in [2.45, 2.75) is 31.9 Å². The van der Waals surface area contributed by atoms with Crippen molar-refractivity contribution in [1.29, 1.82) is 0 Å². The van der Waals surface area contributed by atoms with Crippen molar-refractivity contribution in [3.05, 3.63) is 0 Å². The first-order valence-electron chi connectivity index (χ1n) is 4.19. The van der Waals surface area contributed by atoms with E-state index in [4.69, 9.17) is 15.3 Å². The van der Waals surface area contributed by atoms with Gasteiger partial charge in [-0.3, -0.25) is 0 Å². The second-order valence-corrected chi connectivity index (χ2v) is 3.44. The molecule has 0 aromatic heterocycles. The molecular weight excluding hydrogens is 158 g/mol. The highest BCUT2D eigenvalue weighted by Gasteiger charge is 2.20. The zero-order chi connectivity index (χ0) is 9.61. The maximum Gasteiger partial charge on any atom is 0.0633 e. The molecule has 0 aromatic carbocycles. The van der Waals surface area contributed by atoms with Gasteiger partial charge in [0.25, 0.3) is 0 Å². The minimum Gasteiger partial charge on any atom is -0.394 e. The van der Waals surface area contributed by atoms with Crippen LogP contribution in [0.1, 0.15) is 20.3 Å². The summed E-state index contributed by atoms with van der Waals surface area (Å²) in [6, 6.07) is 0. The van der Waals surface area contributed by atoms with Crippen molar-refractivity contribution in [3.8, 4) is 0 Å². The summed E-state index contributed by atoms with van der Waals surface area (Å²) in [5.74, 6) is 0. The highest BCUT2D eigenvalue weighted by molar-refractivity contribution is 4.81. The Morgan fingerprint density at radius 2 is 1.83 bits per heavy atom. The quantitative estimate of drug-likeness (QED) is 0.424. The van der Waals surface area contributed by atoms with Crippen LogP contribution in [0.3, 0.4) is 0 Å². The largest absolute Gasteiger partial charge is 0.394 e. The maximum atomic E-state index is 8.93. The molecule has 0 saturated carbocycles. The molecule has 4 N–H and O–H groups in total. The summed E-state index contributed by atoms with van der Waals surface area (Å²) in [5.41, 5.74) is -0.630. The fraction of sp³-hybridized carbons (Fsp3) is 1.00. The van der Waals surface area contributed by atoms with Crippen molar-refractivity contribution < 1.29 is 15.3 Å². The van der Waals surface area contributed by atoms with Crippen LogP contribution in [-0.4, -0.2) is 46.7 Å². The van der Waals surface area contributed by atoms with E-state index in [-0.39, 0.29) is 19.3 Å². The highest BCUT2D eigenvalue weighted by atomic mass is 16.3. The van der Waals surface area contributed by atoms with Crippen LogP contribution in [0.25, 0.3) is 0 Å². The number of aliphatic hydroxyl groups excluding tert-OH is 3. The van der Waals surface area contributed by atoms with Gasteiger partial charge in [-0.05, 0) is 26.8 Å². The lowest BCUT2D eigenvalue weighted by molar-refractivity contribution is 0.0983. The Hall–Kier alpha value is -0.160. The molecule has 0 aliphatic rings. The molecule has 0 radical (unpaired) electrons. The minimum absolute atomic E-state index is 0.108. The third-order valence-corrected chi connectivity index (χ3v) is 1.81. The van der Waals surface area contributed by atoms with E-state index in [0.717, 1.165) is 0 Å². The first kappa shape index (κ1) is 11.8. The van der Waals surface area contributed by atoms with Crippen LogP contribution >= 0.6 is 0 Å². The lowest BCUT2D eigenvalue weighted by Gasteiger charge is -2.26. The Balaban J connectivity index is 3.58. The van der Waals surface area contributed by atoms with E-state index in [1.165, 1.54) is 0 Å². The van der Waals surface area contributed by atoms with Crippen LogP contribution in [0.4, 0.5) is 0 Å². The summed E-state index contributed by atoms with van der Waals surface area (Å²) in [4.78, 5) is 0. The summed E-state index contributed by atoms with van der Waals surface area (Å²) < 4.78 is 0. The van der Waals surface area contributed by atoms with E-state index < -0.39 is 5.54 Å². The van der Waals surface area contributed by atoms with Gasteiger partial charge in [0.2, 0.25) is 0 Å². The van der Waals surface area contributed by atoms with E-state index in [1.54, 1.807) is 13.8 Å². The zero-order valence-electron chi connectivity index (χ0n) is 7.75. The fourth-order valence-corrected chi connectivity index (χ4v) is 0.745.